The summed E-state index contributed by atoms with van der Waals surface area (Å²) in [5, 5.41) is 0. The molecule has 0 fully saturated rings. The first-order chi connectivity index (χ1) is 17.3. The lowest BCUT2D eigenvalue weighted by Crippen LogP contribution is -1.94. The highest BCUT2D eigenvalue weighted by molar-refractivity contribution is 9.12. The van der Waals surface area contributed by atoms with Crippen molar-refractivity contribution in [1.29, 1.82) is 0 Å². The molecule has 4 nitrogen and oxygen atoms in total. The second-order valence-corrected chi connectivity index (χ2v) is 9.42. The van der Waals surface area contributed by atoms with Crippen LogP contribution in [0.4, 0.5) is 0 Å². The normalized spacial score (nSPS) is 12.6. The van der Waals surface area contributed by atoms with Crippen molar-refractivity contribution in [2.45, 2.75) is 6.92 Å². The van der Waals surface area contributed by atoms with Gasteiger partial charge in [-0.25, -0.2) is 0 Å². The zero-order chi connectivity index (χ0) is 26.7. The fourth-order valence-electron chi connectivity index (χ4n) is 3.45. The number of aryl methyl sites for hydroxylation is 1. The van der Waals surface area contributed by atoms with E-state index in [4.69, 9.17) is 18.9 Å². The Labute approximate surface area is 231 Å². The summed E-state index contributed by atoms with van der Waals surface area (Å²) in [4.78, 5) is 0. The average Bonchev–Trinajstić information content (AvgIpc) is 2.89. The summed E-state index contributed by atoms with van der Waals surface area (Å²) < 4.78 is 23.8. The molecule has 0 bridgehead atoms. The maximum absolute atomic E-state index is 5.71. The Bertz CT molecular complexity index is 1220. The van der Waals surface area contributed by atoms with Crippen LogP contribution in [0.25, 0.3) is 18.2 Å². The fraction of sp³-hybridized carbons (Fsp3) is 0.200. The molecule has 0 aliphatic rings. The van der Waals surface area contributed by atoms with E-state index in [2.05, 4.69) is 64.1 Å². The van der Waals surface area contributed by atoms with E-state index in [9.17, 15) is 0 Å². The average molecular weight is 616 g/mol. The minimum absolute atomic E-state index is 0.459. The van der Waals surface area contributed by atoms with E-state index in [0.29, 0.717) is 6.61 Å². The van der Waals surface area contributed by atoms with Crippen molar-refractivity contribution in [3.05, 3.63) is 104 Å². The largest absolute Gasteiger partial charge is 0.496 e. The second-order valence-electron chi connectivity index (χ2n) is 7.71. The molecule has 36 heavy (non-hydrogen) atoms. The molecule has 0 N–H and O–H groups in total. The molecule has 0 amide bonds. The van der Waals surface area contributed by atoms with Crippen LogP contribution in [0, 0.1) is 6.92 Å². The molecular weight excluding hydrogens is 584 g/mol. The Morgan fingerprint density at radius 3 is 1.94 bits per heavy atom. The quantitative estimate of drug-likeness (QED) is 0.177. The van der Waals surface area contributed by atoms with E-state index in [1.807, 2.05) is 42.5 Å². The van der Waals surface area contributed by atoms with Crippen LogP contribution in [-0.2, 0) is 4.74 Å². The summed E-state index contributed by atoms with van der Waals surface area (Å²) in [5.41, 5.74) is 5.92. The maximum Gasteiger partial charge on any atom is 0.133 e. The van der Waals surface area contributed by atoms with E-state index in [1.165, 1.54) is 0 Å². The van der Waals surface area contributed by atoms with Gasteiger partial charge in [-0.15, -0.1) is 0 Å². The minimum atomic E-state index is 0.459. The van der Waals surface area contributed by atoms with E-state index >= 15 is 0 Å². The van der Waals surface area contributed by atoms with E-state index in [1.54, 1.807) is 40.6 Å². The Morgan fingerprint density at radius 2 is 1.39 bits per heavy atom. The summed E-state index contributed by atoms with van der Waals surface area (Å²) in [5.74, 6) is 2.23. The van der Waals surface area contributed by atoms with Crippen LogP contribution in [0.3, 0.4) is 0 Å². The molecule has 0 aromatic heterocycles. The molecule has 0 aliphatic carbocycles. The number of benzene rings is 2. The third kappa shape index (κ3) is 7.85. The van der Waals surface area contributed by atoms with Gasteiger partial charge in [0, 0.05) is 22.7 Å². The van der Waals surface area contributed by atoms with E-state index in [0.717, 1.165) is 59.6 Å². The molecule has 0 aliphatic heterocycles. The van der Waals surface area contributed by atoms with Gasteiger partial charge in [-0.05, 0) is 75.5 Å². The molecule has 0 unspecified atom stereocenters. The molecule has 6 heteroatoms. The lowest BCUT2D eigenvalue weighted by molar-refractivity contribution is 0.228. The van der Waals surface area contributed by atoms with Gasteiger partial charge in [-0.1, -0.05) is 65.5 Å². The predicted molar refractivity (Wildman–Crippen MR) is 159 cm³/mol. The highest BCUT2D eigenvalue weighted by Crippen LogP contribution is 2.34. The number of hydrogen-bond donors (Lipinski definition) is 0. The molecule has 0 atom stereocenters. The molecule has 2 aromatic carbocycles. The number of halogens is 2. The van der Waals surface area contributed by atoms with Crippen molar-refractivity contribution >= 4 is 50.1 Å². The molecule has 0 radical (unpaired) electrons. The van der Waals surface area contributed by atoms with Gasteiger partial charge >= 0.3 is 0 Å². The van der Waals surface area contributed by atoms with Crippen molar-refractivity contribution < 1.29 is 18.9 Å². The summed E-state index contributed by atoms with van der Waals surface area (Å²) in [6.45, 7) is 10.2. The third-order valence-corrected chi connectivity index (χ3v) is 6.77. The van der Waals surface area contributed by atoms with Gasteiger partial charge in [0.1, 0.15) is 17.2 Å². The Hall–Kier alpha value is -2.80. The lowest BCUT2D eigenvalue weighted by atomic mass is 10.0. The molecular formula is C30H32Br2O4. The van der Waals surface area contributed by atoms with Gasteiger partial charge in [-0.2, -0.15) is 0 Å². The summed E-state index contributed by atoms with van der Waals surface area (Å²) >= 11 is 7.01. The summed E-state index contributed by atoms with van der Waals surface area (Å²) in [6.07, 6.45) is 13.6. The smallest absolute Gasteiger partial charge is 0.133 e. The predicted octanol–water partition coefficient (Wildman–Crippen LogP) is 8.56. The standard InChI is InChI=1S/C30H32Br2O4/c1-8-22(26(31)9-2)15-21(19-33-4)10-11-23-16-28(34-5)24(14-20(23)3)12-13-25-17-30(36-7)27(32)18-29(25)35-6/h8-18H,1-2,19H2,3-7H3/b11-10+,13-12+,21-15-,26-22+. The van der Waals surface area contributed by atoms with Crippen LogP contribution in [0.2, 0.25) is 0 Å². The SMILES string of the molecule is C=C\C(Br)=C(C=C)/C=C(/C=C/c1cc(OC)c(/C=C/c2cc(OC)c(Br)cc2OC)cc1C)COC. The summed E-state index contributed by atoms with van der Waals surface area (Å²) in [7, 11) is 6.63. The number of methoxy groups -OCH3 is 4. The number of allylic oxidation sites excluding steroid dienone is 5. The monoisotopic (exact) mass is 614 g/mol. The molecule has 0 heterocycles. The van der Waals surface area contributed by atoms with Crippen LogP contribution in [-0.4, -0.2) is 35.0 Å². The zero-order valence-electron chi connectivity index (χ0n) is 21.4. The first-order valence-electron chi connectivity index (χ1n) is 11.1. The third-order valence-electron chi connectivity index (χ3n) is 5.37. The van der Waals surface area contributed by atoms with Crippen LogP contribution < -0.4 is 14.2 Å². The van der Waals surface area contributed by atoms with E-state index in [-0.39, 0.29) is 0 Å². The van der Waals surface area contributed by atoms with Crippen molar-refractivity contribution in [3.63, 3.8) is 0 Å². The van der Waals surface area contributed by atoms with Gasteiger partial charge in [0.25, 0.3) is 0 Å². The number of rotatable bonds is 12. The highest BCUT2D eigenvalue weighted by Gasteiger charge is 2.09. The van der Waals surface area contributed by atoms with Gasteiger partial charge in [0.05, 0.1) is 32.4 Å². The van der Waals surface area contributed by atoms with Gasteiger partial charge in [0.15, 0.2) is 0 Å². The van der Waals surface area contributed by atoms with Crippen molar-refractivity contribution in [2.75, 3.05) is 35.0 Å². The van der Waals surface area contributed by atoms with Gasteiger partial charge in [0.2, 0.25) is 0 Å². The molecule has 2 aromatic rings. The highest BCUT2D eigenvalue weighted by atomic mass is 79.9. The molecule has 0 spiro atoms. The van der Waals surface area contributed by atoms with Crippen molar-refractivity contribution in [2.24, 2.45) is 0 Å². The number of ether oxygens (including phenoxy) is 4. The first kappa shape index (κ1) is 29.4. The van der Waals surface area contributed by atoms with Crippen molar-refractivity contribution in [1.82, 2.24) is 0 Å². The Morgan fingerprint density at radius 1 is 0.806 bits per heavy atom. The zero-order valence-corrected chi connectivity index (χ0v) is 24.5. The summed E-state index contributed by atoms with van der Waals surface area (Å²) in [6, 6.07) is 7.94. The van der Waals surface area contributed by atoms with Gasteiger partial charge in [-0.3, -0.25) is 0 Å². The molecule has 190 valence electrons. The van der Waals surface area contributed by atoms with Crippen molar-refractivity contribution in [3.8, 4) is 17.2 Å². The Kier molecular flexibility index (Phi) is 12.0. The molecule has 2 rings (SSSR count). The first-order valence-corrected chi connectivity index (χ1v) is 12.7. The minimum Gasteiger partial charge on any atom is -0.496 e. The van der Waals surface area contributed by atoms with Crippen LogP contribution in [0.5, 0.6) is 17.2 Å². The van der Waals surface area contributed by atoms with E-state index < -0.39 is 0 Å². The lowest BCUT2D eigenvalue weighted by Gasteiger charge is -2.11. The van der Waals surface area contributed by atoms with Crippen LogP contribution >= 0.6 is 31.9 Å². The molecule has 0 saturated heterocycles. The Balaban J connectivity index is 2.45. The van der Waals surface area contributed by atoms with Crippen LogP contribution in [0.1, 0.15) is 22.3 Å². The number of hydrogen-bond acceptors (Lipinski definition) is 4. The maximum atomic E-state index is 5.71. The van der Waals surface area contributed by atoms with Gasteiger partial charge < -0.3 is 18.9 Å². The topological polar surface area (TPSA) is 36.9 Å². The van der Waals surface area contributed by atoms with Crippen LogP contribution in [0.15, 0.2) is 81.8 Å². The fourth-order valence-corrected chi connectivity index (χ4v) is 4.21. The molecule has 0 saturated carbocycles. The second kappa shape index (κ2) is 14.7.